The molecule has 0 atom stereocenters. The van der Waals surface area contributed by atoms with Gasteiger partial charge < -0.3 is 9.72 Å². The van der Waals surface area contributed by atoms with Crippen LogP contribution in [0.25, 0.3) is 0 Å². The SMILES string of the molecule is O=c1cc[nH]cc1S(=O)(=O)NCCCOC1CCCCC1. The average molecular weight is 314 g/mol. The van der Waals surface area contributed by atoms with Gasteiger partial charge in [-0.05, 0) is 19.3 Å². The van der Waals surface area contributed by atoms with E-state index < -0.39 is 15.5 Å². The Labute approximate surface area is 125 Å². The number of hydrogen-bond acceptors (Lipinski definition) is 4. The fourth-order valence-electron chi connectivity index (χ4n) is 2.45. The lowest BCUT2D eigenvalue weighted by Gasteiger charge is -2.21. The molecule has 0 radical (unpaired) electrons. The van der Waals surface area contributed by atoms with E-state index in [9.17, 15) is 13.2 Å². The van der Waals surface area contributed by atoms with Crippen LogP contribution in [0.4, 0.5) is 0 Å². The Hall–Kier alpha value is -1.18. The second-order valence-corrected chi connectivity index (χ2v) is 6.99. The monoisotopic (exact) mass is 314 g/mol. The number of pyridine rings is 1. The summed E-state index contributed by atoms with van der Waals surface area (Å²) in [4.78, 5) is 13.9. The summed E-state index contributed by atoms with van der Waals surface area (Å²) in [5.41, 5.74) is -0.514. The molecule has 118 valence electrons. The second kappa shape index (κ2) is 7.72. The molecule has 0 saturated heterocycles. The van der Waals surface area contributed by atoms with Crippen LogP contribution < -0.4 is 10.2 Å². The van der Waals surface area contributed by atoms with Gasteiger partial charge in [-0.2, -0.15) is 0 Å². The molecule has 7 heteroatoms. The molecular formula is C14H22N2O4S. The van der Waals surface area contributed by atoms with Gasteiger partial charge in [-0.15, -0.1) is 0 Å². The Bertz CT molecular complexity index is 591. The minimum atomic E-state index is -3.75. The van der Waals surface area contributed by atoms with E-state index in [1.54, 1.807) is 0 Å². The molecule has 6 nitrogen and oxygen atoms in total. The highest BCUT2D eigenvalue weighted by atomic mass is 32.2. The van der Waals surface area contributed by atoms with Crippen molar-refractivity contribution in [2.75, 3.05) is 13.2 Å². The van der Waals surface area contributed by atoms with E-state index >= 15 is 0 Å². The third kappa shape index (κ3) is 4.94. The van der Waals surface area contributed by atoms with Crippen molar-refractivity contribution in [2.24, 2.45) is 0 Å². The molecular weight excluding hydrogens is 292 g/mol. The van der Waals surface area contributed by atoms with E-state index in [-0.39, 0.29) is 11.4 Å². The molecule has 1 saturated carbocycles. The van der Waals surface area contributed by atoms with Crippen LogP contribution in [-0.4, -0.2) is 32.7 Å². The van der Waals surface area contributed by atoms with E-state index in [2.05, 4.69) is 9.71 Å². The normalized spacial score (nSPS) is 17.0. The lowest BCUT2D eigenvalue weighted by Crippen LogP contribution is -2.30. The molecule has 21 heavy (non-hydrogen) atoms. The Morgan fingerprint density at radius 2 is 2.05 bits per heavy atom. The summed E-state index contributed by atoms with van der Waals surface area (Å²) in [5.74, 6) is 0. The van der Waals surface area contributed by atoms with Crippen molar-refractivity contribution < 1.29 is 13.2 Å². The van der Waals surface area contributed by atoms with Crippen molar-refractivity contribution in [3.8, 4) is 0 Å². The van der Waals surface area contributed by atoms with Gasteiger partial charge in [0.1, 0.15) is 4.90 Å². The molecule has 2 N–H and O–H groups in total. The molecule has 0 unspecified atom stereocenters. The van der Waals surface area contributed by atoms with Crippen molar-refractivity contribution in [1.82, 2.24) is 9.71 Å². The number of ether oxygens (including phenoxy) is 1. The van der Waals surface area contributed by atoms with Crippen LogP contribution in [0.1, 0.15) is 38.5 Å². The maximum absolute atomic E-state index is 11.9. The Morgan fingerprint density at radius 1 is 1.29 bits per heavy atom. The van der Waals surface area contributed by atoms with Gasteiger partial charge in [0.2, 0.25) is 15.5 Å². The molecule has 1 aromatic heterocycles. The van der Waals surface area contributed by atoms with E-state index in [1.165, 1.54) is 37.7 Å². The predicted molar refractivity (Wildman–Crippen MR) is 79.7 cm³/mol. The quantitative estimate of drug-likeness (QED) is 0.745. The third-order valence-electron chi connectivity index (χ3n) is 3.60. The predicted octanol–water partition coefficient (Wildman–Crippen LogP) is 1.39. The number of nitrogens with one attached hydrogen (secondary N) is 2. The fraction of sp³-hybridized carbons (Fsp3) is 0.643. The van der Waals surface area contributed by atoms with Crippen LogP contribution in [0.15, 0.2) is 28.2 Å². The highest BCUT2D eigenvalue weighted by Crippen LogP contribution is 2.20. The number of aromatic nitrogens is 1. The van der Waals surface area contributed by atoms with Crippen molar-refractivity contribution in [3.05, 3.63) is 28.7 Å². The molecule has 0 amide bonds. The maximum atomic E-state index is 11.9. The molecule has 1 aliphatic carbocycles. The first kappa shape index (κ1) is 16.2. The summed E-state index contributed by atoms with van der Waals surface area (Å²) in [6, 6.07) is 1.20. The van der Waals surface area contributed by atoms with E-state index in [0.29, 0.717) is 19.1 Å². The molecule has 1 aromatic rings. The molecule has 1 fully saturated rings. The summed E-state index contributed by atoms with van der Waals surface area (Å²) in [5, 5.41) is 0. The maximum Gasteiger partial charge on any atom is 0.245 e. The Morgan fingerprint density at radius 3 is 2.76 bits per heavy atom. The summed E-state index contributed by atoms with van der Waals surface area (Å²) < 4.78 is 32.0. The number of sulfonamides is 1. The lowest BCUT2D eigenvalue weighted by atomic mass is 9.98. The number of hydrogen-bond donors (Lipinski definition) is 2. The number of aromatic amines is 1. The number of rotatable bonds is 7. The van der Waals surface area contributed by atoms with Crippen molar-refractivity contribution in [1.29, 1.82) is 0 Å². The van der Waals surface area contributed by atoms with Gasteiger partial charge in [-0.25, -0.2) is 13.1 Å². The van der Waals surface area contributed by atoms with Gasteiger partial charge >= 0.3 is 0 Å². The molecule has 0 spiro atoms. The standard InChI is InChI=1S/C14H22N2O4S/c17-13-7-9-15-11-14(13)21(18,19)16-8-4-10-20-12-5-2-1-3-6-12/h7,9,11-12,16H,1-6,8,10H2,(H,15,17). The van der Waals surface area contributed by atoms with Crippen LogP contribution in [0.2, 0.25) is 0 Å². The molecule has 2 rings (SSSR count). The molecule has 0 aliphatic heterocycles. The molecule has 0 bridgehead atoms. The van der Waals surface area contributed by atoms with E-state index in [4.69, 9.17) is 4.74 Å². The summed E-state index contributed by atoms with van der Waals surface area (Å²) in [7, 11) is -3.75. The fourth-order valence-corrected chi connectivity index (χ4v) is 3.57. The largest absolute Gasteiger partial charge is 0.378 e. The van der Waals surface area contributed by atoms with Crippen LogP contribution in [0.3, 0.4) is 0 Å². The zero-order valence-corrected chi connectivity index (χ0v) is 12.8. The smallest absolute Gasteiger partial charge is 0.245 e. The minimum Gasteiger partial charge on any atom is -0.378 e. The van der Waals surface area contributed by atoms with Crippen molar-refractivity contribution in [2.45, 2.75) is 49.5 Å². The topological polar surface area (TPSA) is 88.3 Å². The van der Waals surface area contributed by atoms with Crippen LogP contribution >= 0.6 is 0 Å². The molecule has 1 aliphatic rings. The first-order valence-electron chi connectivity index (χ1n) is 7.38. The van der Waals surface area contributed by atoms with Crippen molar-refractivity contribution in [3.63, 3.8) is 0 Å². The van der Waals surface area contributed by atoms with E-state index in [0.717, 1.165) is 12.8 Å². The van der Waals surface area contributed by atoms with Gasteiger partial charge in [0.15, 0.2) is 0 Å². The van der Waals surface area contributed by atoms with E-state index in [1.807, 2.05) is 0 Å². The van der Waals surface area contributed by atoms with Crippen LogP contribution in [-0.2, 0) is 14.8 Å². The third-order valence-corrected chi connectivity index (χ3v) is 5.08. The summed E-state index contributed by atoms with van der Waals surface area (Å²) >= 11 is 0. The molecule has 1 heterocycles. The molecule has 0 aromatic carbocycles. The second-order valence-electron chi connectivity index (χ2n) is 5.25. The Balaban J connectivity index is 1.73. The average Bonchev–Trinajstić information content (AvgIpc) is 2.48. The van der Waals surface area contributed by atoms with Gasteiger partial charge in [0, 0.05) is 31.6 Å². The summed E-state index contributed by atoms with van der Waals surface area (Å²) in [6.45, 7) is 0.807. The van der Waals surface area contributed by atoms with Crippen LogP contribution in [0.5, 0.6) is 0 Å². The summed E-state index contributed by atoms with van der Waals surface area (Å²) in [6.07, 6.45) is 9.44. The zero-order chi connectivity index (χ0) is 15.1. The van der Waals surface area contributed by atoms with Gasteiger partial charge in [0.05, 0.1) is 6.10 Å². The highest BCUT2D eigenvalue weighted by Gasteiger charge is 2.17. The Kier molecular flexibility index (Phi) is 5.96. The van der Waals surface area contributed by atoms with Crippen LogP contribution in [0, 0.1) is 0 Å². The van der Waals surface area contributed by atoms with Gasteiger partial charge in [-0.1, -0.05) is 19.3 Å². The van der Waals surface area contributed by atoms with Gasteiger partial charge in [-0.3, -0.25) is 4.79 Å². The lowest BCUT2D eigenvalue weighted by molar-refractivity contribution is 0.0278. The highest BCUT2D eigenvalue weighted by molar-refractivity contribution is 7.89. The first-order chi connectivity index (χ1) is 10.1. The van der Waals surface area contributed by atoms with Crippen molar-refractivity contribution >= 4 is 10.0 Å². The zero-order valence-electron chi connectivity index (χ0n) is 12.0. The first-order valence-corrected chi connectivity index (χ1v) is 8.86. The minimum absolute atomic E-state index is 0.252. The number of H-pyrrole nitrogens is 1. The van der Waals surface area contributed by atoms with Gasteiger partial charge in [0.25, 0.3) is 0 Å².